The summed E-state index contributed by atoms with van der Waals surface area (Å²) in [6, 6.07) is 9.14. The number of aliphatic hydroxyl groups excluding tert-OH is 1. The highest BCUT2D eigenvalue weighted by molar-refractivity contribution is 14.1. The Hall–Kier alpha value is -1.19. The molecule has 3 nitrogen and oxygen atoms in total. The molecule has 0 saturated heterocycles. The third-order valence-electron chi connectivity index (χ3n) is 3.38. The quantitative estimate of drug-likeness (QED) is 0.312. The molecule has 0 spiro atoms. The summed E-state index contributed by atoms with van der Waals surface area (Å²) >= 11 is 7.85. The van der Waals surface area contributed by atoms with E-state index in [1.165, 1.54) is 0 Å². The smallest absolute Gasteiger partial charge is 0.397 e. The summed E-state index contributed by atoms with van der Waals surface area (Å²) in [6.07, 6.45) is -5.05. The van der Waals surface area contributed by atoms with Crippen LogP contribution in [-0.4, -0.2) is 11.2 Å². The molecule has 2 atom stereocenters. The fourth-order valence-corrected chi connectivity index (χ4v) is 2.79. The van der Waals surface area contributed by atoms with Gasteiger partial charge in [0.2, 0.25) is 0 Å². The Bertz CT molecular complexity index is 720. The van der Waals surface area contributed by atoms with Crippen LogP contribution >= 0.6 is 34.2 Å². The molecular formula is C16H15ClF3IN2O. The topological polar surface area (TPSA) is 58.3 Å². The van der Waals surface area contributed by atoms with Crippen LogP contribution in [0.5, 0.6) is 0 Å². The van der Waals surface area contributed by atoms with Gasteiger partial charge in [0, 0.05) is 5.69 Å². The summed E-state index contributed by atoms with van der Waals surface area (Å²) in [5, 5.41) is 12.1. The van der Waals surface area contributed by atoms with E-state index < -0.39 is 22.9 Å². The van der Waals surface area contributed by atoms with E-state index in [9.17, 15) is 18.3 Å². The maximum atomic E-state index is 12.8. The first kappa shape index (κ1) is 19.1. The second-order valence-corrected chi connectivity index (χ2v) is 7.06. The van der Waals surface area contributed by atoms with E-state index in [2.05, 4.69) is 27.9 Å². The molecule has 130 valence electrons. The molecule has 0 aromatic heterocycles. The lowest BCUT2D eigenvalue weighted by Crippen LogP contribution is -2.08. The van der Waals surface area contributed by atoms with Gasteiger partial charge in [0.05, 0.1) is 32.0 Å². The lowest BCUT2D eigenvalue weighted by atomic mass is 10.1. The van der Waals surface area contributed by atoms with Gasteiger partial charge in [0.25, 0.3) is 0 Å². The van der Waals surface area contributed by atoms with Gasteiger partial charge < -0.3 is 16.2 Å². The van der Waals surface area contributed by atoms with Crippen molar-refractivity contribution in [3.63, 3.8) is 0 Å². The molecule has 0 bridgehead atoms. The van der Waals surface area contributed by atoms with Crippen molar-refractivity contribution in [1.82, 2.24) is 0 Å². The number of hydrogen-bond donors (Lipinski definition) is 3. The van der Waals surface area contributed by atoms with Crippen molar-refractivity contribution in [2.75, 3.05) is 11.1 Å². The highest BCUT2D eigenvalue weighted by atomic mass is 127. The molecule has 0 aliphatic heterocycles. The fourth-order valence-electron chi connectivity index (χ4n) is 2.10. The molecular weight excluding hydrogens is 456 g/mol. The van der Waals surface area contributed by atoms with Crippen LogP contribution in [0.1, 0.15) is 22.0 Å². The van der Waals surface area contributed by atoms with Gasteiger partial charge in [-0.15, -0.1) is 0 Å². The number of benzene rings is 2. The number of nitrogens with two attached hydrogens (primary N) is 1. The molecule has 0 aliphatic carbocycles. The molecule has 1 unspecified atom stereocenters. The molecule has 24 heavy (non-hydrogen) atoms. The fraction of sp³-hybridized carbons (Fsp3) is 0.250. The monoisotopic (exact) mass is 470 g/mol. The van der Waals surface area contributed by atoms with E-state index in [0.717, 1.165) is 17.7 Å². The van der Waals surface area contributed by atoms with Crippen LogP contribution in [-0.2, 0) is 6.18 Å². The Morgan fingerprint density at radius 1 is 1.21 bits per heavy atom. The number of halogens is 5. The molecule has 2 rings (SSSR count). The minimum Gasteiger partial charge on any atom is -0.397 e. The number of nitrogen functional groups attached to an aromatic ring is 1. The second-order valence-electron chi connectivity index (χ2n) is 5.31. The predicted molar refractivity (Wildman–Crippen MR) is 99.0 cm³/mol. The first-order valence-electron chi connectivity index (χ1n) is 6.95. The molecule has 0 amide bonds. The summed E-state index contributed by atoms with van der Waals surface area (Å²) < 4.78 is 38.3. The largest absolute Gasteiger partial charge is 0.417 e. The van der Waals surface area contributed by atoms with Crippen LogP contribution in [0.15, 0.2) is 36.4 Å². The zero-order valence-electron chi connectivity index (χ0n) is 12.5. The van der Waals surface area contributed by atoms with Gasteiger partial charge in [-0.05, 0) is 36.8 Å². The Kier molecular flexibility index (Phi) is 5.87. The van der Waals surface area contributed by atoms with Crippen LogP contribution in [0.4, 0.5) is 30.2 Å². The van der Waals surface area contributed by atoms with Gasteiger partial charge in [-0.25, -0.2) is 0 Å². The first-order chi connectivity index (χ1) is 11.1. The normalized spacial score (nSPS) is 14.3. The van der Waals surface area contributed by atoms with E-state index in [4.69, 9.17) is 17.3 Å². The summed E-state index contributed by atoms with van der Waals surface area (Å²) in [4.78, 5) is 0. The Morgan fingerprint density at radius 3 is 2.29 bits per heavy atom. The number of alkyl halides is 4. The zero-order chi connectivity index (χ0) is 18.1. The van der Waals surface area contributed by atoms with E-state index in [1.807, 2.05) is 12.1 Å². The van der Waals surface area contributed by atoms with Crippen LogP contribution in [0.25, 0.3) is 0 Å². The van der Waals surface area contributed by atoms with Crippen LogP contribution < -0.4 is 11.1 Å². The van der Waals surface area contributed by atoms with Crippen molar-refractivity contribution in [2.24, 2.45) is 0 Å². The van der Waals surface area contributed by atoms with Gasteiger partial charge in [-0.2, -0.15) is 13.2 Å². The minimum absolute atomic E-state index is 0.0495. The van der Waals surface area contributed by atoms with E-state index in [0.29, 0.717) is 11.4 Å². The molecule has 2 aromatic rings. The van der Waals surface area contributed by atoms with E-state index >= 15 is 0 Å². The third kappa shape index (κ3) is 4.46. The lowest BCUT2D eigenvalue weighted by molar-refractivity contribution is -0.137. The molecule has 4 N–H and O–H groups in total. The van der Waals surface area contributed by atoms with Crippen LogP contribution in [0, 0.1) is 0 Å². The van der Waals surface area contributed by atoms with Crippen molar-refractivity contribution in [3.8, 4) is 0 Å². The summed E-state index contributed by atoms with van der Waals surface area (Å²) in [6.45, 7) is 1.70. The summed E-state index contributed by atoms with van der Waals surface area (Å²) in [5.41, 5.74) is 6.56. The highest BCUT2D eigenvalue weighted by Crippen LogP contribution is 2.39. The van der Waals surface area contributed by atoms with Crippen molar-refractivity contribution < 1.29 is 18.3 Å². The average Bonchev–Trinajstić information content (AvgIpc) is 2.49. The highest BCUT2D eigenvalue weighted by Gasteiger charge is 2.33. The van der Waals surface area contributed by atoms with Crippen LogP contribution in [0.3, 0.4) is 0 Å². The molecule has 0 heterocycles. The van der Waals surface area contributed by atoms with Gasteiger partial charge >= 0.3 is 6.18 Å². The van der Waals surface area contributed by atoms with Gasteiger partial charge in [-0.1, -0.05) is 46.3 Å². The minimum atomic E-state index is -4.55. The number of nitrogens with one attached hydrogen (secondary N) is 1. The molecule has 0 radical (unpaired) electrons. The standard InChI is InChI=1S/C16H15ClF3IN2O/c1-8(24)15(21)9-2-4-10(5-3-9)23-14-7-12(17)11(6-13(14)22)16(18,19)20/h2-8,15,23-24H,22H2,1H3/t8-,15?/m0/s1. The summed E-state index contributed by atoms with van der Waals surface area (Å²) in [5.74, 6) is 0. The molecule has 0 aliphatic rings. The van der Waals surface area contributed by atoms with Crippen molar-refractivity contribution in [3.05, 3.63) is 52.5 Å². The Labute approximate surface area is 156 Å². The average molecular weight is 471 g/mol. The van der Waals surface area contributed by atoms with E-state index in [-0.39, 0.29) is 9.61 Å². The predicted octanol–water partition coefficient (Wildman–Crippen LogP) is 5.54. The lowest BCUT2D eigenvalue weighted by Gasteiger charge is -2.16. The Morgan fingerprint density at radius 2 is 1.79 bits per heavy atom. The maximum absolute atomic E-state index is 12.8. The van der Waals surface area contributed by atoms with Crippen molar-refractivity contribution in [1.29, 1.82) is 0 Å². The van der Waals surface area contributed by atoms with Gasteiger partial charge in [0.1, 0.15) is 0 Å². The van der Waals surface area contributed by atoms with Crippen molar-refractivity contribution in [2.45, 2.75) is 23.1 Å². The maximum Gasteiger partial charge on any atom is 0.417 e. The van der Waals surface area contributed by atoms with Crippen molar-refractivity contribution >= 4 is 51.3 Å². The second kappa shape index (κ2) is 7.37. The van der Waals surface area contributed by atoms with E-state index in [1.54, 1.807) is 19.1 Å². The molecule has 8 heteroatoms. The number of hydrogen-bond acceptors (Lipinski definition) is 3. The number of rotatable bonds is 4. The zero-order valence-corrected chi connectivity index (χ0v) is 15.4. The van der Waals surface area contributed by atoms with Gasteiger partial charge in [-0.3, -0.25) is 0 Å². The SMILES string of the molecule is C[C@H](O)C(I)c1ccc(Nc2cc(Cl)c(C(F)(F)F)cc2N)cc1. The third-order valence-corrected chi connectivity index (χ3v) is 5.45. The van der Waals surface area contributed by atoms with Crippen LogP contribution in [0.2, 0.25) is 5.02 Å². The van der Waals surface area contributed by atoms with Gasteiger partial charge in [0.15, 0.2) is 0 Å². The Balaban J connectivity index is 2.24. The molecule has 2 aromatic carbocycles. The first-order valence-corrected chi connectivity index (χ1v) is 8.57. The number of anilines is 3. The summed E-state index contributed by atoms with van der Waals surface area (Å²) in [7, 11) is 0. The number of aliphatic hydroxyl groups is 1. The molecule has 0 saturated carbocycles. The molecule has 0 fully saturated rings.